The van der Waals surface area contributed by atoms with Crippen LogP contribution in [0.15, 0.2) is 0 Å². The molecule has 0 fully saturated rings. The molecule has 0 aliphatic rings. The third kappa shape index (κ3) is 28.7. The first-order valence-corrected chi connectivity index (χ1v) is 14.2. The molecule has 36 heavy (non-hydrogen) atoms. The molecule has 0 aliphatic heterocycles. The van der Waals surface area contributed by atoms with Crippen LogP contribution in [0.4, 0.5) is 0 Å². The van der Waals surface area contributed by atoms with E-state index in [4.69, 9.17) is 19.3 Å². The van der Waals surface area contributed by atoms with Gasteiger partial charge in [0.05, 0.1) is 19.8 Å². The van der Waals surface area contributed by atoms with Crippen LogP contribution in [0.25, 0.3) is 0 Å². The summed E-state index contributed by atoms with van der Waals surface area (Å²) in [6.07, 6.45) is 19.0. The molecule has 0 saturated heterocycles. The Balaban J connectivity index is 3.22. The van der Waals surface area contributed by atoms with Gasteiger partial charge in [-0.1, -0.05) is 77.0 Å². The minimum Gasteiger partial charge on any atom is -0.481 e. The molecule has 0 atom stereocenters. The van der Waals surface area contributed by atoms with Crippen molar-refractivity contribution in [2.24, 2.45) is 0 Å². The summed E-state index contributed by atoms with van der Waals surface area (Å²) in [6, 6.07) is 0. The van der Waals surface area contributed by atoms with Gasteiger partial charge in [-0.25, -0.2) is 0 Å². The van der Waals surface area contributed by atoms with E-state index in [9.17, 15) is 14.4 Å². The maximum Gasteiger partial charge on any atom is 0.303 e. The van der Waals surface area contributed by atoms with Crippen molar-refractivity contribution in [3.8, 4) is 0 Å². The van der Waals surface area contributed by atoms with Crippen LogP contribution in [0, 0.1) is 0 Å². The Morgan fingerprint density at radius 1 is 0.583 bits per heavy atom. The average molecular weight is 516 g/mol. The van der Waals surface area contributed by atoms with Gasteiger partial charge < -0.3 is 24.6 Å². The van der Waals surface area contributed by atoms with Gasteiger partial charge in [-0.15, -0.1) is 0 Å². The molecule has 0 unspecified atom stereocenters. The van der Waals surface area contributed by atoms with E-state index < -0.39 is 5.97 Å². The van der Waals surface area contributed by atoms with Crippen LogP contribution < -0.4 is 5.32 Å². The molecule has 212 valence electrons. The van der Waals surface area contributed by atoms with Gasteiger partial charge in [-0.05, 0) is 19.3 Å². The van der Waals surface area contributed by atoms with Gasteiger partial charge in [0, 0.05) is 39.5 Å². The molecule has 0 rings (SSSR count). The van der Waals surface area contributed by atoms with E-state index in [0.29, 0.717) is 58.0 Å². The molecule has 0 aromatic carbocycles. The summed E-state index contributed by atoms with van der Waals surface area (Å²) in [4.78, 5) is 33.8. The zero-order valence-corrected chi connectivity index (χ0v) is 22.9. The highest BCUT2D eigenvalue weighted by Crippen LogP contribution is 2.14. The van der Waals surface area contributed by atoms with Gasteiger partial charge in [-0.3, -0.25) is 14.4 Å². The molecule has 2 N–H and O–H groups in total. The van der Waals surface area contributed by atoms with Crippen LogP contribution >= 0.6 is 0 Å². The van der Waals surface area contributed by atoms with Crippen molar-refractivity contribution in [1.82, 2.24) is 5.32 Å². The van der Waals surface area contributed by atoms with Gasteiger partial charge in [-0.2, -0.15) is 0 Å². The second-order valence-corrected chi connectivity index (χ2v) is 9.49. The van der Waals surface area contributed by atoms with Crippen molar-refractivity contribution >= 4 is 17.7 Å². The van der Waals surface area contributed by atoms with Crippen molar-refractivity contribution in [3.63, 3.8) is 0 Å². The lowest BCUT2D eigenvalue weighted by Crippen LogP contribution is -2.30. The SMILES string of the molecule is COCCNC(=O)COCCOCCCC(=O)CCCCCCCCCCCCCCCCC(=O)O. The van der Waals surface area contributed by atoms with Crippen molar-refractivity contribution in [2.75, 3.05) is 46.7 Å². The van der Waals surface area contributed by atoms with Crippen molar-refractivity contribution < 1.29 is 33.7 Å². The fourth-order valence-corrected chi connectivity index (χ4v) is 3.94. The molecule has 0 bridgehead atoms. The number of carbonyl (C=O) groups excluding carboxylic acids is 2. The number of hydrogen-bond acceptors (Lipinski definition) is 6. The number of methoxy groups -OCH3 is 1. The van der Waals surface area contributed by atoms with Gasteiger partial charge in [0.15, 0.2) is 0 Å². The minimum absolute atomic E-state index is 0.0193. The predicted octanol–water partition coefficient (Wildman–Crippen LogP) is 5.46. The lowest BCUT2D eigenvalue weighted by molar-refractivity contribution is -0.137. The summed E-state index contributed by atoms with van der Waals surface area (Å²) in [7, 11) is 1.58. The number of unbranched alkanes of at least 4 members (excludes halogenated alkanes) is 13. The fourth-order valence-electron chi connectivity index (χ4n) is 3.94. The number of nitrogens with one attached hydrogen (secondary N) is 1. The lowest BCUT2D eigenvalue weighted by Gasteiger charge is -2.07. The molecule has 8 nitrogen and oxygen atoms in total. The standard InChI is InChI=1S/C28H53NO7/c1-34-22-20-29-27(31)25-36-24-23-35-21-16-18-26(30)17-14-12-10-8-6-4-2-3-5-7-9-11-13-15-19-28(32)33/h2-25H2,1H3,(H,29,31)(H,32,33). The Hall–Kier alpha value is -1.51. The summed E-state index contributed by atoms with van der Waals surface area (Å²) >= 11 is 0. The highest BCUT2D eigenvalue weighted by molar-refractivity contribution is 5.78. The molecular weight excluding hydrogens is 462 g/mol. The lowest BCUT2D eigenvalue weighted by atomic mass is 10.0. The Kier molecular flexibility index (Phi) is 26.9. The van der Waals surface area contributed by atoms with Crippen LogP contribution in [-0.2, 0) is 28.6 Å². The number of hydrogen-bond donors (Lipinski definition) is 2. The molecule has 0 radical (unpaired) electrons. The highest BCUT2D eigenvalue weighted by atomic mass is 16.5. The highest BCUT2D eigenvalue weighted by Gasteiger charge is 2.03. The van der Waals surface area contributed by atoms with Gasteiger partial charge in [0.2, 0.25) is 5.91 Å². The minimum atomic E-state index is -0.681. The number of rotatable bonds is 29. The zero-order chi connectivity index (χ0) is 26.5. The summed E-state index contributed by atoms with van der Waals surface area (Å²) in [5.74, 6) is -0.521. The number of amides is 1. The first-order valence-electron chi connectivity index (χ1n) is 14.2. The topological polar surface area (TPSA) is 111 Å². The van der Waals surface area contributed by atoms with E-state index in [1.807, 2.05) is 0 Å². The summed E-state index contributed by atoms with van der Waals surface area (Å²) < 4.78 is 15.5. The average Bonchev–Trinajstić information content (AvgIpc) is 2.85. The Labute approximate surface area is 219 Å². The van der Waals surface area contributed by atoms with Crippen LogP contribution in [0.2, 0.25) is 0 Å². The second kappa shape index (κ2) is 28.1. The van der Waals surface area contributed by atoms with E-state index in [-0.39, 0.29) is 12.5 Å². The molecule has 1 amide bonds. The Morgan fingerprint density at radius 3 is 1.58 bits per heavy atom. The van der Waals surface area contributed by atoms with Crippen molar-refractivity contribution in [2.45, 2.75) is 116 Å². The van der Waals surface area contributed by atoms with E-state index >= 15 is 0 Å². The number of ether oxygens (including phenoxy) is 3. The van der Waals surface area contributed by atoms with E-state index in [1.54, 1.807) is 7.11 Å². The monoisotopic (exact) mass is 515 g/mol. The fraction of sp³-hybridized carbons (Fsp3) is 0.893. The maximum atomic E-state index is 12.0. The molecule has 0 saturated carbocycles. The van der Waals surface area contributed by atoms with Crippen LogP contribution in [0.5, 0.6) is 0 Å². The van der Waals surface area contributed by atoms with E-state index in [2.05, 4.69) is 5.32 Å². The van der Waals surface area contributed by atoms with Gasteiger partial charge in [0.25, 0.3) is 0 Å². The summed E-state index contributed by atoms with van der Waals surface area (Å²) in [5.41, 5.74) is 0. The normalized spacial score (nSPS) is 11.0. The number of Topliss-reactive ketones (excluding diaryl/α,β-unsaturated/α-hetero) is 1. The molecule has 0 aromatic rings. The number of ketones is 1. The van der Waals surface area contributed by atoms with Crippen LogP contribution in [0.1, 0.15) is 116 Å². The Morgan fingerprint density at radius 2 is 1.06 bits per heavy atom. The molecule has 0 aliphatic carbocycles. The predicted molar refractivity (Wildman–Crippen MR) is 142 cm³/mol. The molecular formula is C28H53NO7. The van der Waals surface area contributed by atoms with Crippen LogP contribution in [-0.4, -0.2) is 69.5 Å². The van der Waals surface area contributed by atoms with E-state index in [1.165, 1.54) is 57.8 Å². The Bertz CT molecular complexity index is 528. The second-order valence-electron chi connectivity index (χ2n) is 9.49. The van der Waals surface area contributed by atoms with Gasteiger partial charge in [0.1, 0.15) is 12.4 Å². The molecule has 0 spiro atoms. The molecule has 0 heterocycles. The largest absolute Gasteiger partial charge is 0.481 e. The van der Waals surface area contributed by atoms with E-state index in [0.717, 1.165) is 38.5 Å². The number of carbonyl (C=O) groups is 3. The third-order valence-corrected chi connectivity index (χ3v) is 6.07. The smallest absolute Gasteiger partial charge is 0.303 e. The maximum absolute atomic E-state index is 12.0. The first kappa shape index (κ1) is 34.5. The number of carboxylic acids is 1. The van der Waals surface area contributed by atoms with Crippen molar-refractivity contribution in [1.29, 1.82) is 0 Å². The quantitative estimate of drug-likeness (QED) is 0.127. The molecule has 0 aromatic heterocycles. The number of aliphatic carboxylic acids is 1. The zero-order valence-electron chi connectivity index (χ0n) is 22.9. The van der Waals surface area contributed by atoms with Gasteiger partial charge >= 0.3 is 5.97 Å². The van der Waals surface area contributed by atoms with Crippen molar-refractivity contribution in [3.05, 3.63) is 0 Å². The summed E-state index contributed by atoms with van der Waals surface area (Å²) in [5, 5.41) is 11.3. The number of carboxylic acid groups (broad SMARTS) is 1. The summed E-state index contributed by atoms with van der Waals surface area (Å²) in [6.45, 7) is 2.31. The first-order chi connectivity index (χ1) is 17.6. The molecule has 8 heteroatoms. The third-order valence-electron chi connectivity index (χ3n) is 6.07. The van der Waals surface area contributed by atoms with Crippen LogP contribution in [0.3, 0.4) is 0 Å².